The quantitative estimate of drug-likeness (QED) is 0.859. The summed E-state index contributed by atoms with van der Waals surface area (Å²) in [6, 6.07) is 0.120. The lowest BCUT2D eigenvalue weighted by molar-refractivity contribution is -0.120. The average Bonchev–Trinajstić information content (AvgIpc) is 2.20. The zero-order chi connectivity index (χ0) is 13.0. The fraction of sp³-hybridized carbons (Fsp3) is 0.500. The minimum Gasteiger partial charge on any atom is -0.383 e. The molecule has 7 heteroatoms. The zero-order valence-electron chi connectivity index (χ0n) is 10.1. The summed E-state index contributed by atoms with van der Waals surface area (Å²) in [5, 5.41) is 2.81. The summed E-state index contributed by atoms with van der Waals surface area (Å²) >= 11 is 3.30. The average molecular weight is 302 g/mol. The van der Waals surface area contributed by atoms with Gasteiger partial charge in [-0.15, -0.1) is 0 Å². The van der Waals surface area contributed by atoms with Crippen molar-refractivity contribution >= 4 is 33.5 Å². The second-order valence-corrected chi connectivity index (χ2v) is 4.77. The summed E-state index contributed by atoms with van der Waals surface area (Å²) in [7, 11) is 1.77. The van der Waals surface area contributed by atoms with E-state index >= 15 is 0 Å². The summed E-state index contributed by atoms with van der Waals surface area (Å²) in [6.07, 6.45) is 1.37. The molecule has 0 aliphatic heterocycles. The molecule has 1 heterocycles. The molecule has 94 valence electrons. The summed E-state index contributed by atoms with van der Waals surface area (Å²) in [5.41, 5.74) is 5.64. The first-order valence-electron chi connectivity index (χ1n) is 5.18. The molecule has 0 saturated heterocycles. The van der Waals surface area contributed by atoms with E-state index in [0.717, 1.165) is 0 Å². The van der Waals surface area contributed by atoms with Crippen molar-refractivity contribution in [3.05, 3.63) is 10.8 Å². The number of aromatic nitrogens is 2. The summed E-state index contributed by atoms with van der Waals surface area (Å²) < 4.78 is 0.597. The maximum atomic E-state index is 11.6. The second-order valence-electron chi connectivity index (χ2n) is 3.97. The topological polar surface area (TPSA) is 84.1 Å². The van der Waals surface area contributed by atoms with Gasteiger partial charge in [-0.25, -0.2) is 9.97 Å². The Morgan fingerprint density at radius 3 is 2.82 bits per heavy atom. The van der Waals surface area contributed by atoms with Crippen LogP contribution in [0.4, 0.5) is 11.6 Å². The number of hydrogen-bond acceptors (Lipinski definition) is 5. The van der Waals surface area contributed by atoms with Crippen molar-refractivity contribution in [3.63, 3.8) is 0 Å². The van der Waals surface area contributed by atoms with Crippen molar-refractivity contribution in [3.8, 4) is 0 Å². The third-order valence-corrected chi connectivity index (χ3v) is 2.75. The number of nitrogens with one attached hydrogen (secondary N) is 1. The van der Waals surface area contributed by atoms with Gasteiger partial charge >= 0.3 is 0 Å². The first kappa shape index (κ1) is 13.7. The third kappa shape index (κ3) is 3.85. The number of amides is 1. The number of nitrogen functional groups attached to an aromatic ring is 1. The van der Waals surface area contributed by atoms with Gasteiger partial charge in [0.15, 0.2) is 0 Å². The molecule has 1 aromatic heterocycles. The van der Waals surface area contributed by atoms with Crippen LogP contribution in [0.25, 0.3) is 0 Å². The van der Waals surface area contributed by atoms with Gasteiger partial charge in [-0.05, 0) is 29.8 Å². The van der Waals surface area contributed by atoms with E-state index in [1.54, 1.807) is 11.9 Å². The van der Waals surface area contributed by atoms with Crippen LogP contribution in [0.2, 0.25) is 0 Å². The molecule has 0 unspecified atom stereocenters. The standard InChI is InChI=1S/C10H16BrN5O/c1-6(2)15-7(17)4-16(3)10-8(11)9(12)13-5-14-10/h5-6H,4H2,1-3H3,(H,15,17)(H2,12,13,14). The Kier molecular flexibility index (Phi) is 4.68. The monoisotopic (exact) mass is 301 g/mol. The number of nitrogens with zero attached hydrogens (tertiary/aromatic N) is 3. The van der Waals surface area contributed by atoms with Crippen LogP contribution in [0.15, 0.2) is 10.8 Å². The van der Waals surface area contributed by atoms with Crippen LogP contribution >= 0.6 is 15.9 Å². The molecule has 0 saturated carbocycles. The van der Waals surface area contributed by atoms with Crippen molar-refractivity contribution in [2.75, 3.05) is 24.2 Å². The van der Waals surface area contributed by atoms with Gasteiger partial charge in [-0.1, -0.05) is 0 Å². The lowest BCUT2D eigenvalue weighted by atomic mass is 10.3. The van der Waals surface area contributed by atoms with Gasteiger partial charge in [0.05, 0.1) is 6.54 Å². The van der Waals surface area contributed by atoms with E-state index in [-0.39, 0.29) is 18.5 Å². The second kappa shape index (κ2) is 5.81. The van der Waals surface area contributed by atoms with Crippen LogP contribution in [0, 0.1) is 0 Å². The van der Waals surface area contributed by atoms with E-state index in [0.29, 0.717) is 16.1 Å². The Balaban J connectivity index is 2.73. The van der Waals surface area contributed by atoms with Gasteiger partial charge < -0.3 is 16.0 Å². The van der Waals surface area contributed by atoms with E-state index < -0.39 is 0 Å². The molecule has 0 aromatic carbocycles. The molecular formula is C10H16BrN5O. The number of nitrogens with two attached hydrogens (primary N) is 1. The lowest BCUT2D eigenvalue weighted by Crippen LogP contribution is -2.39. The molecule has 3 N–H and O–H groups in total. The Bertz CT molecular complexity index is 410. The molecule has 1 amide bonds. The predicted molar refractivity (Wildman–Crippen MR) is 70.7 cm³/mol. The fourth-order valence-corrected chi connectivity index (χ4v) is 1.81. The molecule has 0 fully saturated rings. The normalized spacial score (nSPS) is 10.4. The van der Waals surface area contributed by atoms with Gasteiger partial charge in [0.2, 0.25) is 5.91 Å². The van der Waals surface area contributed by atoms with Crippen LogP contribution in [0.5, 0.6) is 0 Å². The van der Waals surface area contributed by atoms with Gasteiger partial charge in [-0.3, -0.25) is 4.79 Å². The summed E-state index contributed by atoms with van der Waals surface area (Å²) in [5.74, 6) is 0.883. The van der Waals surface area contributed by atoms with E-state index in [9.17, 15) is 4.79 Å². The number of carbonyl (C=O) groups is 1. The molecule has 0 bridgehead atoms. The molecule has 0 radical (unpaired) electrons. The minimum absolute atomic E-state index is 0.0633. The maximum Gasteiger partial charge on any atom is 0.239 e. The Morgan fingerprint density at radius 1 is 1.59 bits per heavy atom. The molecule has 0 aliphatic rings. The smallest absolute Gasteiger partial charge is 0.239 e. The van der Waals surface area contributed by atoms with E-state index in [2.05, 4.69) is 31.2 Å². The van der Waals surface area contributed by atoms with E-state index in [1.807, 2.05) is 13.8 Å². The lowest BCUT2D eigenvalue weighted by Gasteiger charge is -2.19. The predicted octanol–water partition coefficient (Wildman–Crippen LogP) is 0.782. The van der Waals surface area contributed by atoms with Gasteiger partial charge in [-0.2, -0.15) is 0 Å². The number of anilines is 2. The Labute approximate surface area is 109 Å². The van der Waals surface area contributed by atoms with Crippen molar-refractivity contribution in [1.29, 1.82) is 0 Å². The molecule has 17 heavy (non-hydrogen) atoms. The van der Waals surface area contributed by atoms with Crippen LogP contribution in [0.3, 0.4) is 0 Å². The van der Waals surface area contributed by atoms with Gasteiger partial charge in [0, 0.05) is 13.1 Å². The summed E-state index contributed by atoms with van der Waals surface area (Å²) in [4.78, 5) is 21.2. The number of hydrogen-bond donors (Lipinski definition) is 2. The highest BCUT2D eigenvalue weighted by molar-refractivity contribution is 9.10. The largest absolute Gasteiger partial charge is 0.383 e. The molecule has 1 aromatic rings. The molecule has 0 aliphatic carbocycles. The van der Waals surface area contributed by atoms with Crippen LogP contribution in [-0.4, -0.2) is 35.5 Å². The SMILES string of the molecule is CC(C)NC(=O)CN(C)c1ncnc(N)c1Br. The van der Waals surface area contributed by atoms with E-state index in [4.69, 9.17) is 5.73 Å². The van der Waals surface area contributed by atoms with E-state index in [1.165, 1.54) is 6.33 Å². The van der Waals surface area contributed by atoms with Crippen molar-refractivity contribution in [2.45, 2.75) is 19.9 Å². The molecular weight excluding hydrogens is 286 g/mol. The minimum atomic E-state index is -0.0633. The highest BCUT2D eigenvalue weighted by Crippen LogP contribution is 2.26. The maximum absolute atomic E-state index is 11.6. The van der Waals surface area contributed by atoms with Crippen LogP contribution < -0.4 is 16.0 Å². The summed E-state index contributed by atoms with van der Waals surface area (Å²) in [6.45, 7) is 4.04. The number of carbonyl (C=O) groups excluding carboxylic acids is 1. The van der Waals surface area contributed by atoms with Crippen molar-refractivity contribution in [2.24, 2.45) is 0 Å². The first-order valence-corrected chi connectivity index (χ1v) is 5.97. The zero-order valence-corrected chi connectivity index (χ0v) is 11.7. The third-order valence-electron chi connectivity index (χ3n) is 1.99. The number of halogens is 1. The van der Waals surface area contributed by atoms with Crippen molar-refractivity contribution in [1.82, 2.24) is 15.3 Å². The molecule has 0 spiro atoms. The number of rotatable bonds is 4. The fourth-order valence-electron chi connectivity index (χ4n) is 1.30. The molecule has 6 nitrogen and oxygen atoms in total. The van der Waals surface area contributed by atoms with Crippen LogP contribution in [-0.2, 0) is 4.79 Å². The first-order chi connectivity index (χ1) is 7.91. The number of likely N-dealkylation sites (N-methyl/N-ethyl adjacent to an activating group) is 1. The van der Waals surface area contributed by atoms with Crippen molar-refractivity contribution < 1.29 is 4.79 Å². The molecule has 1 rings (SSSR count). The Hall–Kier alpha value is -1.37. The van der Waals surface area contributed by atoms with Gasteiger partial charge in [0.25, 0.3) is 0 Å². The Morgan fingerprint density at radius 2 is 2.24 bits per heavy atom. The van der Waals surface area contributed by atoms with Gasteiger partial charge in [0.1, 0.15) is 22.4 Å². The highest BCUT2D eigenvalue weighted by atomic mass is 79.9. The molecule has 0 atom stereocenters. The van der Waals surface area contributed by atoms with Crippen LogP contribution in [0.1, 0.15) is 13.8 Å². The highest BCUT2D eigenvalue weighted by Gasteiger charge is 2.14.